The molecule has 0 bridgehead atoms. The van der Waals surface area contributed by atoms with Gasteiger partial charge in [0.1, 0.15) is 16.7 Å². The number of nitro benzene ring substituents is 1. The summed E-state index contributed by atoms with van der Waals surface area (Å²) in [6, 6.07) is 14.0. The van der Waals surface area contributed by atoms with Crippen LogP contribution in [0.25, 0.3) is 6.08 Å². The van der Waals surface area contributed by atoms with Gasteiger partial charge in [-0.1, -0.05) is 61.4 Å². The Balaban J connectivity index is 1.49. The number of para-hydroxylation sites is 1. The first-order valence-electron chi connectivity index (χ1n) is 10.2. The zero-order valence-corrected chi connectivity index (χ0v) is 18.5. The van der Waals surface area contributed by atoms with Crippen molar-refractivity contribution in [2.24, 2.45) is 0 Å². The van der Waals surface area contributed by atoms with Crippen molar-refractivity contribution in [1.29, 1.82) is 0 Å². The lowest BCUT2D eigenvalue weighted by atomic mass is 9.94. The third-order valence-corrected chi connectivity index (χ3v) is 6.84. The molecule has 0 N–H and O–H groups in total. The lowest BCUT2D eigenvalue weighted by Gasteiger charge is -2.29. The minimum Gasteiger partial charge on any atom is -0.488 e. The van der Waals surface area contributed by atoms with Crippen molar-refractivity contribution in [2.75, 3.05) is 0 Å². The van der Waals surface area contributed by atoms with Crippen LogP contribution in [-0.2, 0) is 11.4 Å². The summed E-state index contributed by atoms with van der Waals surface area (Å²) < 4.78 is 6.59. The molecule has 1 saturated heterocycles. The van der Waals surface area contributed by atoms with Crippen LogP contribution in [0.1, 0.15) is 43.2 Å². The predicted molar refractivity (Wildman–Crippen MR) is 126 cm³/mol. The molecule has 6 nitrogen and oxygen atoms in total. The van der Waals surface area contributed by atoms with Crippen LogP contribution >= 0.6 is 24.0 Å². The number of benzene rings is 2. The smallest absolute Gasteiger partial charge is 0.269 e. The fourth-order valence-corrected chi connectivity index (χ4v) is 5.27. The van der Waals surface area contributed by atoms with E-state index >= 15 is 0 Å². The number of nitrogens with zero attached hydrogens (tertiary/aromatic N) is 2. The molecular weight excluding hydrogens is 432 g/mol. The van der Waals surface area contributed by atoms with Crippen LogP contribution in [-0.4, -0.2) is 26.1 Å². The molecule has 1 saturated carbocycles. The summed E-state index contributed by atoms with van der Waals surface area (Å²) in [6.45, 7) is 0.270. The Hall–Kier alpha value is -2.71. The Morgan fingerprint density at radius 3 is 2.55 bits per heavy atom. The minimum absolute atomic E-state index is 0.0212. The zero-order chi connectivity index (χ0) is 21.8. The second-order valence-electron chi connectivity index (χ2n) is 7.59. The molecule has 1 heterocycles. The fourth-order valence-electron chi connectivity index (χ4n) is 3.88. The highest BCUT2D eigenvalue weighted by Crippen LogP contribution is 2.38. The van der Waals surface area contributed by atoms with Crippen LogP contribution in [0, 0.1) is 10.1 Å². The number of ether oxygens (including phenoxy) is 1. The van der Waals surface area contributed by atoms with E-state index in [2.05, 4.69) is 0 Å². The van der Waals surface area contributed by atoms with Gasteiger partial charge in [-0.2, -0.15) is 0 Å². The quantitative estimate of drug-likeness (QED) is 0.241. The molecule has 2 fully saturated rings. The topological polar surface area (TPSA) is 72.7 Å². The van der Waals surface area contributed by atoms with E-state index in [-0.39, 0.29) is 24.2 Å². The van der Waals surface area contributed by atoms with Crippen LogP contribution in [0.3, 0.4) is 0 Å². The summed E-state index contributed by atoms with van der Waals surface area (Å²) in [6.07, 6.45) is 7.36. The highest BCUT2D eigenvalue weighted by atomic mass is 32.2. The number of thioether (sulfide) groups is 1. The standard InChI is InChI=1S/C23H22N2O4S2/c26-22-21(31-23(30)24(22)18-7-2-1-3-8-18)14-17-6-4-5-9-20(17)29-15-16-10-12-19(13-11-16)25(27)28/h4-6,9-14,18H,1-3,7-8,15H2. The maximum absolute atomic E-state index is 13.1. The number of hydrogen-bond acceptors (Lipinski definition) is 6. The van der Waals surface area contributed by atoms with Crippen molar-refractivity contribution in [3.8, 4) is 5.75 Å². The van der Waals surface area contributed by atoms with Gasteiger partial charge < -0.3 is 4.74 Å². The highest BCUT2D eigenvalue weighted by molar-refractivity contribution is 8.26. The maximum Gasteiger partial charge on any atom is 0.269 e. The molecule has 0 unspecified atom stereocenters. The number of rotatable bonds is 6. The number of hydrogen-bond donors (Lipinski definition) is 0. The van der Waals surface area contributed by atoms with E-state index in [9.17, 15) is 14.9 Å². The van der Waals surface area contributed by atoms with E-state index < -0.39 is 4.92 Å². The molecule has 2 aromatic rings. The second-order valence-corrected chi connectivity index (χ2v) is 9.27. The number of nitro groups is 1. The molecule has 1 aliphatic heterocycles. The fraction of sp³-hybridized carbons (Fsp3) is 0.304. The molecule has 1 aliphatic carbocycles. The summed E-state index contributed by atoms with van der Waals surface area (Å²) >= 11 is 6.86. The minimum atomic E-state index is -0.427. The summed E-state index contributed by atoms with van der Waals surface area (Å²) in [7, 11) is 0. The average molecular weight is 455 g/mol. The molecular formula is C23H22N2O4S2. The first kappa shape index (κ1) is 21.5. The molecule has 4 rings (SSSR count). The molecule has 160 valence electrons. The summed E-state index contributed by atoms with van der Waals surface area (Å²) in [5.41, 5.74) is 1.67. The van der Waals surface area contributed by atoms with Crippen molar-refractivity contribution in [3.63, 3.8) is 0 Å². The highest BCUT2D eigenvalue weighted by Gasteiger charge is 2.37. The van der Waals surface area contributed by atoms with Crippen molar-refractivity contribution in [2.45, 2.75) is 44.8 Å². The molecule has 2 aromatic carbocycles. The van der Waals surface area contributed by atoms with E-state index in [1.54, 1.807) is 17.0 Å². The predicted octanol–water partition coefficient (Wildman–Crippen LogP) is 5.71. The first-order valence-corrected chi connectivity index (χ1v) is 11.5. The van der Waals surface area contributed by atoms with Crippen molar-refractivity contribution < 1.29 is 14.5 Å². The van der Waals surface area contributed by atoms with E-state index in [0.29, 0.717) is 15.0 Å². The van der Waals surface area contributed by atoms with E-state index in [1.165, 1.54) is 30.3 Å². The van der Waals surface area contributed by atoms with Gasteiger partial charge in [-0.05, 0) is 42.7 Å². The van der Waals surface area contributed by atoms with Gasteiger partial charge in [0.15, 0.2) is 0 Å². The zero-order valence-electron chi connectivity index (χ0n) is 16.9. The van der Waals surface area contributed by atoms with Crippen molar-refractivity contribution >= 4 is 46.0 Å². The van der Waals surface area contributed by atoms with E-state index in [1.807, 2.05) is 30.3 Å². The van der Waals surface area contributed by atoms with Crippen LogP contribution in [0.5, 0.6) is 5.75 Å². The first-order chi connectivity index (χ1) is 15.0. The van der Waals surface area contributed by atoms with Crippen molar-refractivity contribution in [1.82, 2.24) is 4.90 Å². The van der Waals surface area contributed by atoms with Gasteiger partial charge in [-0.15, -0.1) is 0 Å². The van der Waals surface area contributed by atoms with Crippen LogP contribution in [0.4, 0.5) is 5.69 Å². The van der Waals surface area contributed by atoms with Crippen LogP contribution in [0.2, 0.25) is 0 Å². The van der Waals surface area contributed by atoms with Gasteiger partial charge in [0.05, 0.1) is 9.83 Å². The number of thiocarbonyl (C=S) groups is 1. The normalized spacial score (nSPS) is 18.6. The van der Waals surface area contributed by atoms with Gasteiger partial charge in [0.2, 0.25) is 0 Å². The van der Waals surface area contributed by atoms with Gasteiger partial charge in [-0.3, -0.25) is 19.8 Å². The van der Waals surface area contributed by atoms with Gasteiger partial charge in [0, 0.05) is 23.7 Å². The van der Waals surface area contributed by atoms with Gasteiger partial charge in [0.25, 0.3) is 11.6 Å². The molecule has 0 atom stereocenters. The van der Waals surface area contributed by atoms with E-state index in [0.717, 1.165) is 36.8 Å². The monoisotopic (exact) mass is 454 g/mol. The maximum atomic E-state index is 13.1. The third-order valence-electron chi connectivity index (χ3n) is 5.51. The Morgan fingerprint density at radius 1 is 1.13 bits per heavy atom. The Kier molecular flexibility index (Phi) is 6.67. The van der Waals surface area contributed by atoms with Crippen LogP contribution < -0.4 is 4.74 Å². The summed E-state index contributed by atoms with van der Waals surface area (Å²) in [5, 5.41) is 10.8. The lowest BCUT2D eigenvalue weighted by Crippen LogP contribution is -2.39. The van der Waals surface area contributed by atoms with Crippen LogP contribution in [0.15, 0.2) is 53.4 Å². The Labute approximate surface area is 190 Å². The molecule has 8 heteroatoms. The number of carbonyl (C=O) groups is 1. The molecule has 2 aliphatic rings. The van der Waals surface area contributed by atoms with Gasteiger partial charge in [-0.25, -0.2) is 0 Å². The molecule has 31 heavy (non-hydrogen) atoms. The second kappa shape index (κ2) is 9.62. The molecule has 0 spiro atoms. The summed E-state index contributed by atoms with van der Waals surface area (Å²) in [4.78, 5) is 25.8. The molecule has 1 amide bonds. The number of carbonyl (C=O) groups excluding carboxylic acids is 1. The number of amides is 1. The van der Waals surface area contributed by atoms with Gasteiger partial charge >= 0.3 is 0 Å². The Bertz CT molecular complexity index is 1030. The molecule has 0 aromatic heterocycles. The SMILES string of the molecule is O=C1C(=Cc2ccccc2OCc2ccc([N+](=O)[O-])cc2)SC(=S)N1C1CCCCC1. The lowest BCUT2D eigenvalue weighted by molar-refractivity contribution is -0.384. The largest absolute Gasteiger partial charge is 0.488 e. The molecule has 0 radical (unpaired) electrons. The summed E-state index contributed by atoms with van der Waals surface area (Å²) in [5.74, 6) is 0.621. The third kappa shape index (κ3) is 4.97. The van der Waals surface area contributed by atoms with Crippen molar-refractivity contribution in [3.05, 3.63) is 74.7 Å². The number of non-ortho nitro benzene ring substituents is 1. The van der Waals surface area contributed by atoms with E-state index in [4.69, 9.17) is 17.0 Å². The Morgan fingerprint density at radius 2 is 1.84 bits per heavy atom. The average Bonchev–Trinajstić information content (AvgIpc) is 3.06.